The van der Waals surface area contributed by atoms with Gasteiger partial charge >= 0.3 is 5.69 Å². The first-order chi connectivity index (χ1) is 9.02. The van der Waals surface area contributed by atoms with Crippen molar-refractivity contribution in [3.05, 3.63) is 55.5 Å². The highest BCUT2D eigenvalue weighted by Gasteiger charge is 2.09. The van der Waals surface area contributed by atoms with E-state index in [1.165, 1.54) is 10.8 Å². The predicted octanol–water partition coefficient (Wildman–Crippen LogP) is 0.818. The first-order valence-electron chi connectivity index (χ1n) is 5.72. The van der Waals surface area contributed by atoms with Crippen LogP contribution in [0, 0.1) is 0 Å². The molecule has 0 aliphatic carbocycles. The molecule has 2 N–H and O–H groups in total. The van der Waals surface area contributed by atoms with Crippen LogP contribution < -0.4 is 17.0 Å². The molecule has 0 unspecified atom stereocenters. The van der Waals surface area contributed by atoms with Gasteiger partial charge in [-0.2, -0.15) is 0 Å². The average Bonchev–Trinajstić information content (AvgIpc) is 2.39. The van der Waals surface area contributed by atoms with Gasteiger partial charge in [0.25, 0.3) is 5.56 Å². The molecule has 2 rings (SSSR count). The van der Waals surface area contributed by atoms with Crippen molar-refractivity contribution in [1.29, 1.82) is 0 Å². The molecule has 0 saturated carbocycles. The lowest BCUT2D eigenvalue weighted by Crippen LogP contribution is -2.40. The second-order valence-corrected chi connectivity index (χ2v) is 4.97. The van der Waals surface area contributed by atoms with Crippen LogP contribution in [-0.4, -0.2) is 14.1 Å². The molecule has 0 saturated heterocycles. The summed E-state index contributed by atoms with van der Waals surface area (Å²) < 4.78 is 3.31. The molecule has 2 heterocycles. The van der Waals surface area contributed by atoms with Crippen LogP contribution in [0.1, 0.15) is 12.5 Å². The van der Waals surface area contributed by atoms with Gasteiger partial charge in [0.2, 0.25) is 0 Å². The molecule has 2 aromatic heterocycles. The summed E-state index contributed by atoms with van der Waals surface area (Å²) in [5.41, 5.74) is 5.59. The summed E-state index contributed by atoms with van der Waals surface area (Å²) in [4.78, 5) is 28.0. The van der Waals surface area contributed by atoms with E-state index >= 15 is 0 Å². The van der Waals surface area contributed by atoms with Crippen molar-refractivity contribution in [2.75, 3.05) is 5.73 Å². The van der Waals surface area contributed by atoms with Crippen molar-refractivity contribution in [2.24, 2.45) is 0 Å². The zero-order valence-corrected chi connectivity index (χ0v) is 11.9. The normalized spacial score (nSPS) is 10.6. The topological polar surface area (TPSA) is 82.9 Å². The summed E-state index contributed by atoms with van der Waals surface area (Å²) in [7, 11) is 0. The monoisotopic (exact) mass is 324 g/mol. The quantitative estimate of drug-likeness (QED) is 0.906. The van der Waals surface area contributed by atoms with Crippen LogP contribution in [0.25, 0.3) is 0 Å². The van der Waals surface area contributed by atoms with E-state index < -0.39 is 5.56 Å². The summed E-state index contributed by atoms with van der Waals surface area (Å²) in [6, 6.07) is 1.80. The van der Waals surface area contributed by atoms with Gasteiger partial charge in [-0.05, 0) is 34.5 Å². The molecule has 0 bridgehead atoms. The molecule has 0 atom stereocenters. The Morgan fingerprint density at radius 3 is 2.74 bits per heavy atom. The minimum absolute atomic E-state index is 0.0596. The molecule has 7 heteroatoms. The number of aryl methyl sites for hydroxylation is 1. The SMILES string of the molecule is CCn1cc(N)c(=O)n(Cc2cncc(Br)c2)c1=O. The third kappa shape index (κ3) is 2.76. The van der Waals surface area contributed by atoms with E-state index in [-0.39, 0.29) is 17.9 Å². The Morgan fingerprint density at radius 2 is 2.11 bits per heavy atom. The van der Waals surface area contributed by atoms with Gasteiger partial charge in [-0.1, -0.05) is 0 Å². The Balaban J connectivity index is 2.54. The highest BCUT2D eigenvalue weighted by Crippen LogP contribution is 2.09. The van der Waals surface area contributed by atoms with Gasteiger partial charge in [0, 0.05) is 29.6 Å². The summed E-state index contributed by atoms with van der Waals surface area (Å²) in [5.74, 6) is 0. The minimum atomic E-state index is -0.477. The lowest BCUT2D eigenvalue weighted by Gasteiger charge is -2.10. The molecule has 0 radical (unpaired) electrons. The molecule has 6 nitrogen and oxygen atoms in total. The standard InChI is InChI=1S/C12H13BrN4O2/c1-2-16-7-10(14)11(18)17(12(16)19)6-8-3-9(13)5-15-4-8/h3-5,7H,2,6,14H2,1H3. The lowest BCUT2D eigenvalue weighted by atomic mass is 10.3. The number of halogens is 1. The van der Waals surface area contributed by atoms with Gasteiger partial charge in [-0.15, -0.1) is 0 Å². The van der Waals surface area contributed by atoms with E-state index in [1.807, 2.05) is 6.92 Å². The Kier molecular flexibility index (Phi) is 3.84. The van der Waals surface area contributed by atoms with Gasteiger partial charge in [-0.3, -0.25) is 18.9 Å². The maximum absolute atomic E-state index is 12.1. The average molecular weight is 325 g/mol. The highest BCUT2D eigenvalue weighted by atomic mass is 79.9. The summed E-state index contributed by atoms with van der Waals surface area (Å²) in [5, 5.41) is 0. The third-order valence-corrected chi connectivity index (χ3v) is 3.14. The number of pyridine rings is 1. The minimum Gasteiger partial charge on any atom is -0.393 e. The zero-order chi connectivity index (χ0) is 14.0. The van der Waals surface area contributed by atoms with Crippen LogP contribution in [0.5, 0.6) is 0 Å². The van der Waals surface area contributed by atoms with Crippen molar-refractivity contribution < 1.29 is 0 Å². The van der Waals surface area contributed by atoms with Crippen molar-refractivity contribution >= 4 is 21.6 Å². The van der Waals surface area contributed by atoms with Crippen LogP contribution in [-0.2, 0) is 13.1 Å². The van der Waals surface area contributed by atoms with E-state index in [0.717, 1.165) is 14.6 Å². The van der Waals surface area contributed by atoms with Crippen LogP contribution in [0.2, 0.25) is 0 Å². The fraction of sp³-hybridized carbons (Fsp3) is 0.250. The van der Waals surface area contributed by atoms with Crippen molar-refractivity contribution in [1.82, 2.24) is 14.1 Å². The van der Waals surface area contributed by atoms with E-state index in [1.54, 1.807) is 18.5 Å². The molecular formula is C12H13BrN4O2. The molecule has 0 aromatic carbocycles. The molecule has 0 amide bonds. The van der Waals surface area contributed by atoms with Gasteiger partial charge in [0.15, 0.2) is 0 Å². The first kappa shape index (κ1) is 13.5. The number of hydrogen-bond donors (Lipinski definition) is 1. The number of nitrogens with zero attached hydrogens (tertiary/aromatic N) is 3. The molecule has 0 spiro atoms. The van der Waals surface area contributed by atoms with Gasteiger partial charge in [0.1, 0.15) is 5.69 Å². The van der Waals surface area contributed by atoms with Crippen molar-refractivity contribution in [3.8, 4) is 0 Å². The molecular weight excluding hydrogens is 312 g/mol. The number of nitrogens with two attached hydrogens (primary N) is 1. The smallest absolute Gasteiger partial charge is 0.331 e. The molecule has 0 fully saturated rings. The Labute approximate surface area is 117 Å². The van der Waals surface area contributed by atoms with Gasteiger partial charge in [-0.25, -0.2) is 4.79 Å². The van der Waals surface area contributed by atoms with Crippen LogP contribution in [0.3, 0.4) is 0 Å². The lowest BCUT2D eigenvalue weighted by molar-refractivity contribution is 0.602. The number of anilines is 1. The van der Waals surface area contributed by atoms with E-state index in [2.05, 4.69) is 20.9 Å². The van der Waals surface area contributed by atoms with Crippen LogP contribution >= 0.6 is 15.9 Å². The van der Waals surface area contributed by atoms with Crippen LogP contribution in [0.4, 0.5) is 5.69 Å². The summed E-state index contributed by atoms with van der Waals surface area (Å²) in [6.45, 7) is 2.42. The van der Waals surface area contributed by atoms with Gasteiger partial charge < -0.3 is 5.73 Å². The number of hydrogen-bond acceptors (Lipinski definition) is 4. The Morgan fingerprint density at radius 1 is 1.37 bits per heavy atom. The van der Waals surface area contributed by atoms with E-state index in [0.29, 0.717) is 6.54 Å². The Hall–Kier alpha value is -1.89. The summed E-state index contributed by atoms with van der Waals surface area (Å²) in [6.07, 6.45) is 4.62. The molecule has 19 heavy (non-hydrogen) atoms. The molecule has 0 aliphatic heterocycles. The molecule has 100 valence electrons. The fourth-order valence-electron chi connectivity index (χ4n) is 1.77. The maximum Gasteiger partial charge on any atom is 0.331 e. The second kappa shape index (κ2) is 5.40. The van der Waals surface area contributed by atoms with E-state index in [4.69, 9.17) is 5.73 Å². The number of rotatable bonds is 3. The van der Waals surface area contributed by atoms with Gasteiger partial charge in [0.05, 0.1) is 6.54 Å². The second-order valence-electron chi connectivity index (χ2n) is 4.06. The largest absolute Gasteiger partial charge is 0.393 e. The van der Waals surface area contributed by atoms with Crippen molar-refractivity contribution in [3.63, 3.8) is 0 Å². The van der Waals surface area contributed by atoms with Crippen LogP contribution in [0.15, 0.2) is 38.7 Å². The maximum atomic E-state index is 12.1. The molecule has 2 aromatic rings. The third-order valence-electron chi connectivity index (χ3n) is 2.71. The Bertz CT molecular complexity index is 720. The highest BCUT2D eigenvalue weighted by molar-refractivity contribution is 9.10. The predicted molar refractivity (Wildman–Crippen MR) is 76.1 cm³/mol. The first-order valence-corrected chi connectivity index (χ1v) is 6.51. The fourth-order valence-corrected chi connectivity index (χ4v) is 2.18. The van der Waals surface area contributed by atoms with E-state index in [9.17, 15) is 9.59 Å². The molecule has 0 aliphatic rings. The summed E-state index contributed by atoms with van der Waals surface area (Å²) >= 11 is 3.30. The zero-order valence-electron chi connectivity index (χ0n) is 10.3. The number of aromatic nitrogens is 3. The number of nitrogen functional groups attached to an aromatic ring is 1. The van der Waals surface area contributed by atoms with Crippen molar-refractivity contribution in [2.45, 2.75) is 20.0 Å².